The number of nitrogens with one attached hydrogen (secondary N) is 1. The number of rotatable bonds is 11. The molecule has 1 N–H and O–H groups in total. The fraction of sp³-hybridized carbons (Fsp3) is 0.296. The number of halogens is 1. The molecule has 3 aromatic rings. The van der Waals surface area contributed by atoms with Gasteiger partial charge in [-0.2, -0.15) is 0 Å². The van der Waals surface area contributed by atoms with Gasteiger partial charge in [0, 0.05) is 11.6 Å². The topological polar surface area (TPSA) is 75.7 Å². The van der Waals surface area contributed by atoms with Crippen LogP contribution in [0, 0.1) is 13.8 Å². The average molecular weight is 515 g/mol. The van der Waals surface area contributed by atoms with Gasteiger partial charge in [0.15, 0.2) is 0 Å². The third-order valence-electron chi connectivity index (χ3n) is 5.55. The van der Waals surface area contributed by atoms with Crippen molar-refractivity contribution < 1.29 is 17.9 Å². The average Bonchev–Trinajstić information content (AvgIpc) is 2.83. The molecule has 0 unspecified atom stereocenters. The van der Waals surface area contributed by atoms with E-state index in [0.717, 1.165) is 27.6 Å². The molecule has 0 aliphatic rings. The Morgan fingerprint density at radius 2 is 1.74 bits per heavy atom. The van der Waals surface area contributed by atoms with Crippen molar-refractivity contribution >= 4 is 33.2 Å². The number of ether oxygens (including phenoxy) is 1. The molecule has 0 radical (unpaired) electrons. The summed E-state index contributed by atoms with van der Waals surface area (Å²) < 4.78 is 33.9. The van der Waals surface area contributed by atoms with Crippen LogP contribution in [0.25, 0.3) is 0 Å². The number of anilines is 1. The van der Waals surface area contributed by atoms with Crippen LogP contribution in [0.3, 0.4) is 0 Å². The Morgan fingerprint density at radius 3 is 2.46 bits per heavy atom. The second kappa shape index (κ2) is 12.1. The highest BCUT2D eigenvalue weighted by Crippen LogP contribution is 2.29. The second-order valence-electron chi connectivity index (χ2n) is 8.25. The SMILES string of the molecule is CCOc1ccccc1CCCNC(=O)CN(c1cc(Cl)ccc1C)S(=O)(=O)c1ccc(C)cc1. The van der Waals surface area contributed by atoms with E-state index in [1.165, 1.54) is 0 Å². The van der Waals surface area contributed by atoms with Gasteiger partial charge in [-0.1, -0.05) is 53.6 Å². The highest BCUT2D eigenvalue weighted by atomic mass is 35.5. The smallest absolute Gasteiger partial charge is 0.264 e. The third-order valence-corrected chi connectivity index (χ3v) is 7.56. The molecule has 0 aliphatic carbocycles. The summed E-state index contributed by atoms with van der Waals surface area (Å²) in [4.78, 5) is 13.0. The fourth-order valence-corrected chi connectivity index (χ4v) is 5.33. The molecule has 0 aliphatic heterocycles. The number of aryl methyl sites for hydroxylation is 3. The van der Waals surface area contributed by atoms with Crippen LogP contribution in [0.2, 0.25) is 5.02 Å². The van der Waals surface area contributed by atoms with Crippen LogP contribution >= 0.6 is 11.6 Å². The summed E-state index contributed by atoms with van der Waals surface area (Å²) in [5, 5.41) is 3.24. The number of benzene rings is 3. The molecule has 0 bridgehead atoms. The largest absolute Gasteiger partial charge is 0.494 e. The number of sulfonamides is 1. The molecule has 0 aromatic heterocycles. The molecule has 186 valence electrons. The van der Waals surface area contributed by atoms with E-state index in [9.17, 15) is 13.2 Å². The zero-order valence-corrected chi connectivity index (χ0v) is 21.8. The van der Waals surface area contributed by atoms with Crippen molar-refractivity contribution in [1.82, 2.24) is 5.32 Å². The molecular formula is C27H31ClN2O4S. The Bertz CT molecular complexity index is 1260. The van der Waals surface area contributed by atoms with Gasteiger partial charge >= 0.3 is 0 Å². The van der Waals surface area contributed by atoms with Gasteiger partial charge in [0.25, 0.3) is 10.0 Å². The van der Waals surface area contributed by atoms with Crippen molar-refractivity contribution in [3.63, 3.8) is 0 Å². The van der Waals surface area contributed by atoms with Crippen molar-refractivity contribution in [1.29, 1.82) is 0 Å². The first kappa shape index (κ1) is 26.6. The van der Waals surface area contributed by atoms with Crippen LogP contribution in [0.4, 0.5) is 5.69 Å². The Kier molecular flexibility index (Phi) is 9.18. The van der Waals surface area contributed by atoms with E-state index >= 15 is 0 Å². The maximum atomic E-state index is 13.5. The lowest BCUT2D eigenvalue weighted by Crippen LogP contribution is -2.41. The molecule has 6 nitrogen and oxygen atoms in total. The lowest BCUT2D eigenvalue weighted by Gasteiger charge is -2.26. The van der Waals surface area contributed by atoms with Gasteiger partial charge in [-0.25, -0.2) is 8.42 Å². The quantitative estimate of drug-likeness (QED) is 0.352. The third kappa shape index (κ3) is 6.99. The summed E-state index contributed by atoms with van der Waals surface area (Å²) >= 11 is 6.18. The minimum absolute atomic E-state index is 0.114. The zero-order valence-electron chi connectivity index (χ0n) is 20.3. The van der Waals surface area contributed by atoms with Gasteiger partial charge in [-0.05, 0) is 75.1 Å². The molecule has 0 spiro atoms. The summed E-state index contributed by atoms with van der Waals surface area (Å²) in [7, 11) is -3.99. The lowest BCUT2D eigenvalue weighted by molar-refractivity contribution is -0.119. The molecule has 0 saturated carbocycles. The number of amides is 1. The first-order valence-electron chi connectivity index (χ1n) is 11.6. The molecule has 8 heteroatoms. The number of nitrogens with zero attached hydrogens (tertiary/aromatic N) is 1. The Hall–Kier alpha value is -3.03. The minimum atomic E-state index is -3.99. The molecule has 0 atom stereocenters. The van der Waals surface area contributed by atoms with Crippen molar-refractivity contribution in [2.24, 2.45) is 0 Å². The molecule has 35 heavy (non-hydrogen) atoms. The summed E-state index contributed by atoms with van der Waals surface area (Å²) in [6, 6.07) is 19.4. The van der Waals surface area contributed by atoms with Gasteiger partial charge in [0.2, 0.25) is 5.91 Å². The lowest BCUT2D eigenvalue weighted by atomic mass is 10.1. The van der Waals surface area contributed by atoms with Gasteiger partial charge in [-0.3, -0.25) is 9.10 Å². The van der Waals surface area contributed by atoms with Crippen LogP contribution in [-0.2, 0) is 21.2 Å². The molecule has 3 aromatic carbocycles. The van der Waals surface area contributed by atoms with Crippen LogP contribution in [0.1, 0.15) is 30.0 Å². The highest BCUT2D eigenvalue weighted by molar-refractivity contribution is 7.92. The molecular weight excluding hydrogens is 484 g/mol. The first-order valence-corrected chi connectivity index (χ1v) is 13.4. The summed E-state index contributed by atoms with van der Waals surface area (Å²) in [5.41, 5.74) is 3.09. The molecule has 0 heterocycles. The van der Waals surface area contributed by atoms with Crippen LogP contribution in [0.15, 0.2) is 71.6 Å². The minimum Gasteiger partial charge on any atom is -0.494 e. The standard InChI is InChI=1S/C27H31ClN2O4S/c1-4-34-26-10-6-5-8-22(26)9-7-17-29-27(31)19-30(25-18-23(28)14-13-21(25)3)35(32,33)24-15-11-20(2)12-16-24/h5-6,8,10-16,18H,4,7,9,17,19H2,1-3H3,(H,29,31). The molecule has 0 saturated heterocycles. The summed E-state index contributed by atoms with van der Waals surface area (Å²) in [6.45, 7) is 6.25. The molecule has 1 amide bonds. The highest BCUT2D eigenvalue weighted by Gasteiger charge is 2.28. The van der Waals surface area contributed by atoms with E-state index in [1.54, 1.807) is 49.4 Å². The van der Waals surface area contributed by atoms with E-state index in [-0.39, 0.29) is 11.4 Å². The first-order chi connectivity index (χ1) is 16.7. The number of para-hydroxylation sites is 1. The summed E-state index contributed by atoms with van der Waals surface area (Å²) in [6.07, 6.45) is 1.42. The molecule has 3 rings (SSSR count). The van der Waals surface area contributed by atoms with Gasteiger partial charge < -0.3 is 10.1 Å². The number of hydrogen-bond donors (Lipinski definition) is 1. The van der Waals surface area contributed by atoms with Gasteiger partial charge in [0.05, 0.1) is 17.2 Å². The van der Waals surface area contributed by atoms with E-state index < -0.39 is 15.9 Å². The van der Waals surface area contributed by atoms with Gasteiger partial charge in [-0.15, -0.1) is 0 Å². The fourth-order valence-electron chi connectivity index (χ4n) is 3.69. The van der Waals surface area contributed by atoms with E-state index in [0.29, 0.717) is 35.8 Å². The predicted molar refractivity (Wildman–Crippen MR) is 141 cm³/mol. The van der Waals surface area contributed by atoms with Crippen LogP contribution < -0.4 is 14.4 Å². The Morgan fingerprint density at radius 1 is 1.03 bits per heavy atom. The number of carbonyl (C=O) groups is 1. The Labute approximate surface area is 212 Å². The zero-order chi connectivity index (χ0) is 25.4. The second-order valence-corrected chi connectivity index (χ2v) is 10.5. The van der Waals surface area contributed by atoms with E-state index in [1.807, 2.05) is 38.1 Å². The van der Waals surface area contributed by atoms with Crippen LogP contribution in [0.5, 0.6) is 5.75 Å². The van der Waals surface area contributed by atoms with Crippen molar-refractivity contribution in [3.8, 4) is 5.75 Å². The normalized spacial score (nSPS) is 11.2. The maximum absolute atomic E-state index is 13.5. The monoisotopic (exact) mass is 514 g/mol. The van der Waals surface area contributed by atoms with Crippen LogP contribution in [-0.4, -0.2) is 34.0 Å². The van der Waals surface area contributed by atoms with Crippen molar-refractivity contribution in [2.45, 2.75) is 38.5 Å². The Balaban J connectivity index is 1.74. The van der Waals surface area contributed by atoms with E-state index in [2.05, 4.69) is 5.32 Å². The number of hydrogen-bond acceptors (Lipinski definition) is 4. The van der Waals surface area contributed by atoms with Crippen molar-refractivity contribution in [3.05, 3.63) is 88.4 Å². The predicted octanol–water partition coefficient (Wildman–Crippen LogP) is 5.30. The van der Waals surface area contributed by atoms with E-state index in [4.69, 9.17) is 16.3 Å². The van der Waals surface area contributed by atoms with Gasteiger partial charge in [0.1, 0.15) is 12.3 Å². The molecule has 0 fully saturated rings. The maximum Gasteiger partial charge on any atom is 0.264 e. The summed E-state index contributed by atoms with van der Waals surface area (Å²) in [5.74, 6) is 0.450. The van der Waals surface area contributed by atoms with Crippen molar-refractivity contribution in [2.75, 3.05) is 24.0 Å². The number of carbonyl (C=O) groups excluding carboxylic acids is 1.